The number of hydrogen-bond acceptors (Lipinski definition) is 3. The summed E-state index contributed by atoms with van der Waals surface area (Å²) in [5.74, 6) is -0.221. The van der Waals surface area contributed by atoms with Gasteiger partial charge in [-0.25, -0.2) is 0 Å². The lowest BCUT2D eigenvalue weighted by Gasteiger charge is -2.05. The first-order valence-electron chi connectivity index (χ1n) is 7.90. The Morgan fingerprint density at radius 2 is 1.89 bits per heavy atom. The van der Waals surface area contributed by atoms with E-state index in [9.17, 15) is 18.0 Å². The van der Waals surface area contributed by atoms with Gasteiger partial charge in [-0.2, -0.15) is 23.4 Å². The average Bonchev–Trinajstić information content (AvgIpc) is 3.16. The zero-order valence-electron chi connectivity index (χ0n) is 14.2. The highest BCUT2D eigenvalue weighted by atomic mass is 35.5. The normalized spacial score (nSPS) is 11.6. The van der Waals surface area contributed by atoms with Gasteiger partial charge in [-0.15, -0.1) is 0 Å². The maximum Gasteiger partial charge on any atom is 0.435 e. The van der Waals surface area contributed by atoms with Gasteiger partial charge in [0, 0.05) is 23.0 Å². The van der Waals surface area contributed by atoms with Crippen molar-refractivity contribution in [3.63, 3.8) is 0 Å². The van der Waals surface area contributed by atoms with Crippen molar-refractivity contribution in [1.29, 1.82) is 0 Å². The number of rotatable bonds is 5. The van der Waals surface area contributed by atoms with Crippen LogP contribution < -0.4 is 5.32 Å². The van der Waals surface area contributed by atoms with Crippen LogP contribution in [0.25, 0.3) is 0 Å². The number of anilines is 1. The minimum atomic E-state index is -4.55. The Hall–Kier alpha value is -2.81. The molecule has 10 heteroatoms. The van der Waals surface area contributed by atoms with Gasteiger partial charge in [0.1, 0.15) is 6.54 Å². The predicted octanol–water partition coefficient (Wildman–Crippen LogP) is 3.75. The van der Waals surface area contributed by atoms with E-state index < -0.39 is 17.8 Å². The number of amides is 1. The van der Waals surface area contributed by atoms with E-state index in [0.717, 1.165) is 16.3 Å². The molecule has 0 radical (unpaired) electrons. The molecule has 2 heterocycles. The fourth-order valence-electron chi connectivity index (χ4n) is 2.42. The van der Waals surface area contributed by atoms with E-state index in [2.05, 4.69) is 15.5 Å². The topological polar surface area (TPSA) is 64.7 Å². The van der Waals surface area contributed by atoms with E-state index in [0.29, 0.717) is 17.4 Å². The van der Waals surface area contributed by atoms with Crippen molar-refractivity contribution in [3.8, 4) is 0 Å². The predicted molar refractivity (Wildman–Crippen MR) is 93.4 cm³/mol. The molecular weight excluding hydrogens is 383 g/mol. The molecule has 0 atom stereocenters. The molecule has 0 spiro atoms. The van der Waals surface area contributed by atoms with E-state index >= 15 is 0 Å². The maximum atomic E-state index is 12.7. The maximum absolute atomic E-state index is 12.7. The molecule has 1 aromatic carbocycles. The number of alkyl halides is 3. The fourth-order valence-corrected chi connectivity index (χ4v) is 2.55. The van der Waals surface area contributed by atoms with Crippen LogP contribution in [0.3, 0.4) is 0 Å². The average molecular weight is 398 g/mol. The molecule has 3 aromatic rings. The second kappa shape index (κ2) is 7.43. The van der Waals surface area contributed by atoms with Crippen molar-refractivity contribution < 1.29 is 18.0 Å². The molecule has 0 unspecified atom stereocenters. The van der Waals surface area contributed by atoms with Gasteiger partial charge in [0.25, 0.3) is 0 Å². The number of aromatic nitrogens is 4. The van der Waals surface area contributed by atoms with Crippen molar-refractivity contribution in [2.75, 3.05) is 5.32 Å². The van der Waals surface area contributed by atoms with Crippen molar-refractivity contribution in [1.82, 2.24) is 19.6 Å². The molecule has 6 nitrogen and oxygen atoms in total. The van der Waals surface area contributed by atoms with E-state index in [-0.39, 0.29) is 12.2 Å². The van der Waals surface area contributed by atoms with Crippen molar-refractivity contribution in [2.45, 2.75) is 26.2 Å². The molecule has 0 saturated carbocycles. The van der Waals surface area contributed by atoms with Crippen LogP contribution in [0, 0.1) is 6.92 Å². The second-order valence-corrected chi connectivity index (χ2v) is 6.34. The number of aryl methyl sites for hydroxylation is 1. The smallest absolute Gasteiger partial charge is 0.308 e. The Morgan fingerprint density at radius 3 is 2.52 bits per heavy atom. The van der Waals surface area contributed by atoms with Gasteiger partial charge >= 0.3 is 6.18 Å². The summed E-state index contributed by atoms with van der Waals surface area (Å²) in [5.41, 5.74) is 0.193. The molecule has 0 fully saturated rings. The summed E-state index contributed by atoms with van der Waals surface area (Å²) in [7, 11) is 0. The minimum Gasteiger partial charge on any atom is -0.308 e. The molecule has 142 valence electrons. The molecule has 0 aliphatic heterocycles. The van der Waals surface area contributed by atoms with E-state index in [1.807, 2.05) is 12.1 Å². The van der Waals surface area contributed by atoms with Crippen LogP contribution in [-0.4, -0.2) is 25.5 Å². The number of nitrogens with zero attached hydrogens (tertiary/aromatic N) is 4. The van der Waals surface area contributed by atoms with Crippen molar-refractivity contribution in [3.05, 3.63) is 64.6 Å². The summed E-state index contributed by atoms with van der Waals surface area (Å²) in [6, 6.07) is 9.76. The lowest BCUT2D eigenvalue weighted by molar-refractivity contribution is -0.141. The Bertz CT molecular complexity index is 946. The number of carbonyl (C=O) groups excluding carboxylic acids is 1. The highest BCUT2D eigenvalue weighted by Gasteiger charge is 2.34. The van der Waals surface area contributed by atoms with Crippen LogP contribution in [0.4, 0.5) is 19.0 Å². The summed E-state index contributed by atoms with van der Waals surface area (Å²) in [6.07, 6.45) is -2.86. The van der Waals surface area contributed by atoms with E-state index in [1.54, 1.807) is 29.1 Å². The molecule has 0 saturated heterocycles. The molecule has 0 aliphatic rings. The van der Waals surface area contributed by atoms with Crippen LogP contribution in [0.5, 0.6) is 0 Å². The van der Waals surface area contributed by atoms with E-state index in [1.165, 1.54) is 6.92 Å². The van der Waals surface area contributed by atoms with Crippen LogP contribution in [-0.2, 0) is 24.1 Å². The van der Waals surface area contributed by atoms with Gasteiger partial charge in [-0.05, 0) is 30.7 Å². The second-order valence-electron chi connectivity index (χ2n) is 5.90. The SMILES string of the molecule is Cc1cc(C(F)(F)F)nn1CC(=O)Nc1ccn(Cc2ccc(Cl)cc2)n1. The zero-order valence-corrected chi connectivity index (χ0v) is 14.9. The van der Waals surface area contributed by atoms with Crippen molar-refractivity contribution >= 4 is 23.3 Å². The van der Waals surface area contributed by atoms with Gasteiger partial charge in [-0.3, -0.25) is 14.2 Å². The molecular formula is C17H15ClF3N5O. The number of nitrogens with one attached hydrogen (secondary N) is 1. The van der Waals surface area contributed by atoms with Crippen LogP contribution in [0.2, 0.25) is 5.02 Å². The van der Waals surface area contributed by atoms with Crippen LogP contribution >= 0.6 is 11.6 Å². The first kappa shape index (κ1) is 19.0. The highest BCUT2D eigenvalue weighted by molar-refractivity contribution is 6.30. The number of benzene rings is 1. The first-order chi connectivity index (χ1) is 12.7. The largest absolute Gasteiger partial charge is 0.435 e. The Balaban J connectivity index is 1.61. The highest BCUT2D eigenvalue weighted by Crippen LogP contribution is 2.28. The third-order valence-corrected chi connectivity index (χ3v) is 3.98. The Labute approximate surface area is 157 Å². The lowest BCUT2D eigenvalue weighted by Crippen LogP contribution is -2.21. The summed E-state index contributed by atoms with van der Waals surface area (Å²) in [6.45, 7) is 1.60. The monoisotopic (exact) mass is 397 g/mol. The quantitative estimate of drug-likeness (QED) is 0.713. The summed E-state index contributed by atoms with van der Waals surface area (Å²) in [5, 5.41) is 10.8. The molecule has 3 rings (SSSR count). The molecule has 27 heavy (non-hydrogen) atoms. The number of carbonyl (C=O) groups is 1. The first-order valence-corrected chi connectivity index (χ1v) is 8.28. The third kappa shape index (κ3) is 4.88. The summed E-state index contributed by atoms with van der Waals surface area (Å²) >= 11 is 5.84. The molecule has 1 N–H and O–H groups in total. The van der Waals surface area contributed by atoms with Crippen molar-refractivity contribution in [2.24, 2.45) is 0 Å². The number of hydrogen-bond donors (Lipinski definition) is 1. The third-order valence-electron chi connectivity index (χ3n) is 3.73. The van der Waals surface area contributed by atoms with Gasteiger partial charge in [-0.1, -0.05) is 23.7 Å². The lowest BCUT2D eigenvalue weighted by atomic mass is 10.2. The molecule has 2 aromatic heterocycles. The Morgan fingerprint density at radius 1 is 1.19 bits per heavy atom. The number of halogens is 4. The molecule has 0 aliphatic carbocycles. The zero-order chi connectivity index (χ0) is 19.6. The summed E-state index contributed by atoms with van der Waals surface area (Å²) in [4.78, 5) is 12.1. The Kier molecular flexibility index (Phi) is 5.22. The van der Waals surface area contributed by atoms with Gasteiger partial charge in [0.2, 0.25) is 5.91 Å². The van der Waals surface area contributed by atoms with Gasteiger partial charge in [0.15, 0.2) is 11.5 Å². The van der Waals surface area contributed by atoms with Gasteiger partial charge in [0.05, 0.1) is 6.54 Å². The van der Waals surface area contributed by atoms with E-state index in [4.69, 9.17) is 11.6 Å². The standard InChI is InChI=1S/C17H15ClF3N5O/c1-11-8-14(17(19,20)21)23-26(11)10-16(27)22-15-6-7-25(24-15)9-12-2-4-13(18)5-3-12/h2-8H,9-10H2,1H3,(H,22,24,27). The van der Waals surface area contributed by atoms with Crippen LogP contribution in [0.15, 0.2) is 42.6 Å². The van der Waals surface area contributed by atoms with Gasteiger partial charge < -0.3 is 5.32 Å². The molecule has 0 bridgehead atoms. The minimum absolute atomic E-state index is 0.241. The fraction of sp³-hybridized carbons (Fsp3) is 0.235. The summed E-state index contributed by atoms with van der Waals surface area (Å²) < 4.78 is 40.6. The molecule has 1 amide bonds. The van der Waals surface area contributed by atoms with Crippen LogP contribution in [0.1, 0.15) is 17.0 Å².